The van der Waals surface area contributed by atoms with Crippen LogP contribution >= 0.6 is 11.3 Å². The van der Waals surface area contributed by atoms with Gasteiger partial charge in [0.25, 0.3) is 0 Å². The maximum absolute atomic E-state index is 5.73. The fraction of sp³-hybridized carbons (Fsp3) is 0.643. The van der Waals surface area contributed by atoms with Gasteiger partial charge in [-0.25, -0.2) is 4.98 Å². The Kier molecular flexibility index (Phi) is 4.24. The van der Waals surface area contributed by atoms with Gasteiger partial charge in [-0.05, 0) is 25.3 Å². The van der Waals surface area contributed by atoms with E-state index in [0.717, 1.165) is 42.9 Å². The van der Waals surface area contributed by atoms with Crippen molar-refractivity contribution in [2.75, 3.05) is 38.3 Å². The van der Waals surface area contributed by atoms with Gasteiger partial charge in [-0.3, -0.25) is 4.40 Å². The molecule has 2 heterocycles. The second kappa shape index (κ2) is 6.11. The Balaban J connectivity index is 1.64. The lowest BCUT2D eigenvalue weighted by molar-refractivity contribution is 0.131. The van der Waals surface area contributed by atoms with Gasteiger partial charge in [0.05, 0.1) is 12.3 Å². The minimum Gasteiger partial charge on any atom is -0.379 e. The highest BCUT2D eigenvalue weighted by atomic mass is 32.1. The van der Waals surface area contributed by atoms with Crippen molar-refractivity contribution in [1.82, 2.24) is 9.38 Å². The molecule has 1 aliphatic carbocycles. The first kappa shape index (κ1) is 13.9. The fourth-order valence-corrected chi connectivity index (χ4v) is 3.07. The summed E-state index contributed by atoms with van der Waals surface area (Å²) in [5, 5.41) is 2.06. The Labute approximate surface area is 123 Å². The van der Waals surface area contributed by atoms with Gasteiger partial charge in [-0.15, -0.1) is 11.3 Å². The molecule has 6 heteroatoms. The SMILES string of the molecule is CN(CCOCC1CC1)c1nc2sccn2c1CCN. The van der Waals surface area contributed by atoms with Crippen molar-refractivity contribution >= 4 is 22.1 Å². The van der Waals surface area contributed by atoms with E-state index < -0.39 is 0 Å². The average molecular weight is 294 g/mol. The largest absolute Gasteiger partial charge is 0.379 e. The number of aromatic nitrogens is 2. The van der Waals surface area contributed by atoms with Crippen molar-refractivity contribution in [3.05, 3.63) is 17.3 Å². The second-order valence-corrected chi connectivity index (χ2v) is 6.29. The number of nitrogens with two attached hydrogens (primary N) is 1. The summed E-state index contributed by atoms with van der Waals surface area (Å²) in [6.45, 7) is 3.19. The van der Waals surface area contributed by atoms with E-state index in [4.69, 9.17) is 15.5 Å². The van der Waals surface area contributed by atoms with Crippen LogP contribution < -0.4 is 10.6 Å². The van der Waals surface area contributed by atoms with Crippen molar-refractivity contribution in [1.29, 1.82) is 0 Å². The highest BCUT2D eigenvalue weighted by Crippen LogP contribution is 2.29. The Morgan fingerprint density at radius 3 is 3.15 bits per heavy atom. The van der Waals surface area contributed by atoms with Gasteiger partial charge in [0.2, 0.25) is 0 Å². The molecule has 2 aromatic rings. The topological polar surface area (TPSA) is 55.8 Å². The van der Waals surface area contributed by atoms with E-state index in [2.05, 4.69) is 27.9 Å². The van der Waals surface area contributed by atoms with Gasteiger partial charge in [0, 0.05) is 38.2 Å². The molecular weight excluding hydrogens is 272 g/mol. The standard InChI is InChI=1S/C14H22N4OS/c1-17(6-8-19-10-11-2-3-11)13-12(4-5-15)18-7-9-20-14(18)16-13/h7,9,11H,2-6,8,10,15H2,1H3. The second-order valence-electron chi connectivity index (χ2n) is 5.42. The van der Waals surface area contributed by atoms with E-state index in [0.29, 0.717) is 6.54 Å². The molecule has 3 rings (SSSR count). The maximum atomic E-state index is 5.73. The van der Waals surface area contributed by atoms with Crippen LogP contribution in [0, 0.1) is 5.92 Å². The quantitative estimate of drug-likeness (QED) is 0.754. The van der Waals surface area contributed by atoms with Crippen LogP contribution in [0.2, 0.25) is 0 Å². The van der Waals surface area contributed by atoms with Crippen LogP contribution in [0.4, 0.5) is 5.82 Å². The number of thiazole rings is 1. The Morgan fingerprint density at radius 2 is 2.40 bits per heavy atom. The summed E-state index contributed by atoms with van der Waals surface area (Å²) < 4.78 is 7.85. The highest BCUT2D eigenvalue weighted by Gasteiger charge is 2.21. The van der Waals surface area contributed by atoms with Crippen LogP contribution in [-0.4, -0.2) is 42.7 Å². The molecule has 0 aromatic carbocycles. The molecule has 1 aliphatic rings. The first-order chi connectivity index (χ1) is 9.79. The number of fused-ring (bicyclic) bond motifs is 1. The fourth-order valence-electron chi connectivity index (χ4n) is 2.34. The van der Waals surface area contributed by atoms with E-state index >= 15 is 0 Å². The van der Waals surface area contributed by atoms with Gasteiger partial charge < -0.3 is 15.4 Å². The van der Waals surface area contributed by atoms with Crippen molar-refractivity contribution in [2.45, 2.75) is 19.3 Å². The zero-order valence-corrected chi connectivity index (χ0v) is 12.7. The zero-order chi connectivity index (χ0) is 13.9. The van der Waals surface area contributed by atoms with Gasteiger partial charge in [0.1, 0.15) is 0 Å². The van der Waals surface area contributed by atoms with Crippen molar-refractivity contribution < 1.29 is 4.74 Å². The Bertz CT molecular complexity index is 561. The first-order valence-electron chi connectivity index (χ1n) is 7.23. The third kappa shape index (κ3) is 2.97. The third-order valence-corrected chi connectivity index (χ3v) is 4.46. The number of rotatable bonds is 8. The maximum Gasteiger partial charge on any atom is 0.195 e. The first-order valence-corrected chi connectivity index (χ1v) is 8.11. The summed E-state index contributed by atoms with van der Waals surface area (Å²) >= 11 is 1.66. The number of likely N-dealkylation sites (N-methyl/N-ethyl adjacent to an activating group) is 1. The molecule has 0 atom stereocenters. The molecule has 1 saturated carbocycles. The van der Waals surface area contributed by atoms with Crippen molar-refractivity contribution in [3.8, 4) is 0 Å². The lowest BCUT2D eigenvalue weighted by Crippen LogP contribution is -2.25. The normalized spacial score (nSPS) is 15.1. The molecule has 0 amide bonds. The summed E-state index contributed by atoms with van der Waals surface area (Å²) in [7, 11) is 2.08. The van der Waals surface area contributed by atoms with Crippen LogP contribution in [0.1, 0.15) is 18.5 Å². The predicted octanol–water partition coefficient (Wildman–Crippen LogP) is 1.76. The predicted molar refractivity (Wildman–Crippen MR) is 82.6 cm³/mol. The number of imidazole rings is 1. The minimum atomic E-state index is 0.642. The van der Waals surface area contributed by atoms with E-state index in [1.807, 2.05) is 0 Å². The summed E-state index contributed by atoms with van der Waals surface area (Å²) in [5.41, 5.74) is 6.93. The van der Waals surface area contributed by atoms with Crippen LogP contribution in [-0.2, 0) is 11.2 Å². The number of ether oxygens (including phenoxy) is 1. The molecule has 1 fully saturated rings. The molecule has 5 nitrogen and oxygen atoms in total. The summed E-state index contributed by atoms with van der Waals surface area (Å²) in [4.78, 5) is 7.93. The van der Waals surface area contributed by atoms with Crippen LogP contribution in [0.15, 0.2) is 11.6 Å². The number of hydrogen-bond acceptors (Lipinski definition) is 5. The molecule has 0 bridgehead atoms. The molecule has 0 unspecified atom stereocenters. The van der Waals surface area contributed by atoms with E-state index in [-0.39, 0.29) is 0 Å². The minimum absolute atomic E-state index is 0.642. The number of hydrogen-bond donors (Lipinski definition) is 1. The molecule has 20 heavy (non-hydrogen) atoms. The lowest BCUT2D eigenvalue weighted by Gasteiger charge is -2.18. The lowest BCUT2D eigenvalue weighted by atomic mass is 10.3. The molecule has 2 aromatic heterocycles. The molecule has 110 valence electrons. The van der Waals surface area contributed by atoms with E-state index in [1.165, 1.54) is 18.5 Å². The van der Waals surface area contributed by atoms with Gasteiger partial charge in [0.15, 0.2) is 10.8 Å². The van der Waals surface area contributed by atoms with Crippen LogP contribution in [0.25, 0.3) is 4.96 Å². The smallest absolute Gasteiger partial charge is 0.195 e. The molecule has 0 radical (unpaired) electrons. The van der Waals surface area contributed by atoms with E-state index in [1.54, 1.807) is 11.3 Å². The number of anilines is 1. The summed E-state index contributed by atoms with van der Waals surface area (Å²) in [5.74, 6) is 1.86. The molecule has 0 aliphatic heterocycles. The van der Waals surface area contributed by atoms with Crippen molar-refractivity contribution in [3.63, 3.8) is 0 Å². The molecular formula is C14H22N4OS. The Morgan fingerprint density at radius 1 is 1.55 bits per heavy atom. The monoisotopic (exact) mass is 294 g/mol. The highest BCUT2D eigenvalue weighted by molar-refractivity contribution is 7.15. The van der Waals surface area contributed by atoms with Gasteiger partial charge >= 0.3 is 0 Å². The third-order valence-electron chi connectivity index (χ3n) is 3.70. The van der Waals surface area contributed by atoms with Crippen LogP contribution in [0.5, 0.6) is 0 Å². The molecule has 0 spiro atoms. The summed E-state index contributed by atoms with van der Waals surface area (Å²) in [6, 6.07) is 0. The Hall–Kier alpha value is -1.11. The average Bonchev–Trinajstić information content (AvgIpc) is 3.04. The van der Waals surface area contributed by atoms with Gasteiger partial charge in [-0.2, -0.15) is 0 Å². The number of nitrogens with zero attached hydrogens (tertiary/aromatic N) is 3. The summed E-state index contributed by atoms with van der Waals surface area (Å²) in [6.07, 6.45) is 5.60. The molecule has 2 N–H and O–H groups in total. The zero-order valence-electron chi connectivity index (χ0n) is 11.9. The van der Waals surface area contributed by atoms with E-state index in [9.17, 15) is 0 Å². The molecule has 0 saturated heterocycles. The van der Waals surface area contributed by atoms with Gasteiger partial charge in [-0.1, -0.05) is 0 Å². The van der Waals surface area contributed by atoms with Crippen molar-refractivity contribution in [2.24, 2.45) is 11.7 Å². The van der Waals surface area contributed by atoms with Crippen LogP contribution in [0.3, 0.4) is 0 Å².